The van der Waals surface area contributed by atoms with Crippen molar-refractivity contribution < 1.29 is 5.11 Å². The van der Waals surface area contributed by atoms with Crippen molar-refractivity contribution in [1.82, 2.24) is 0 Å². The maximum absolute atomic E-state index is 9.47. The van der Waals surface area contributed by atoms with Crippen molar-refractivity contribution in [2.45, 2.75) is 24.9 Å². The molecule has 0 heterocycles. The van der Waals surface area contributed by atoms with E-state index in [0.29, 0.717) is 6.54 Å². The van der Waals surface area contributed by atoms with E-state index in [2.05, 4.69) is 0 Å². The molecule has 0 aromatic carbocycles. The van der Waals surface area contributed by atoms with Gasteiger partial charge in [-0.2, -0.15) is 0 Å². The summed E-state index contributed by atoms with van der Waals surface area (Å²) in [5, 5.41) is 9.47. The predicted molar refractivity (Wildman–Crippen MR) is 37.0 cm³/mol. The van der Waals surface area contributed by atoms with Crippen molar-refractivity contribution in [2.24, 2.45) is 5.73 Å². The van der Waals surface area contributed by atoms with Gasteiger partial charge in [-0.1, -0.05) is 12.2 Å². The van der Waals surface area contributed by atoms with E-state index in [0.717, 1.165) is 19.3 Å². The Kier molecular flexibility index (Phi) is 1.88. The molecule has 1 unspecified atom stereocenters. The number of allylic oxidation sites excluding steroid dienone is 1. The van der Waals surface area contributed by atoms with E-state index in [-0.39, 0.29) is 0 Å². The fraction of sp³-hybridized carbons (Fsp3) is 0.714. The minimum Gasteiger partial charge on any atom is -0.384 e. The standard InChI is InChI=1S/C7H13NO/c8-6-7(9)4-2-1-3-5-7/h2,4,9H,1,3,5-6,8H2. The van der Waals surface area contributed by atoms with Crippen LogP contribution in [0, 0.1) is 0 Å². The first-order chi connectivity index (χ1) is 4.27. The van der Waals surface area contributed by atoms with Gasteiger partial charge in [0.15, 0.2) is 0 Å². The van der Waals surface area contributed by atoms with Gasteiger partial charge in [-0.05, 0) is 19.3 Å². The molecule has 1 rings (SSSR count). The van der Waals surface area contributed by atoms with E-state index in [9.17, 15) is 5.11 Å². The zero-order chi connectivity index (χ0) is 6.74. The Hall–Kier alpha value is -0.340. The van der Waals surface area contributed by atoms with E-state index >= 15 is 0 Å². The lowest BCUT2D eigenvalue weighted by Gasteiger charge is -2.25. The summed E-state index contributed by atoms with van der Waals surface area (Å²) in [6.45, 7) is 0.351. The maximum atomic E-state index is 9.47. The smallest absolute Gasteiger partial charge is 0.0949 e. The minimum atomic E-state index is -0.682. The highest BCUT2D eigenvalue weighted by atomic mass is 16.3. The molecule has 1 aliphatic carbocycles. The summed E-state index contributed by atoms with van der Waals surface area (Å²) in [6, 6.07) is 0. The summed E-state index contributed by atoms with van der Waals surface area (Å²) < 4.78 is 0. The number of nitrogens with two attached hydrogens (primary N) is 1. The van der Waals surface area contributed by atoms with Crippen LogP contribution in [-0.4, -0.2) is 17.3 Å². The van der Waals surface area contributed by atoms with Crippen LogP contribution >= 0.6 is 0 Å². The molecule has 0 aliphatic heterocycles. The first kappa shape index (κ1) is 6.78. The molecule has 1 atom stereocenters. The van der Waals surface area contributed by atoms with Gasteiger partial charge < -0.3 is 10.8 Å². The Balaban J connectivity index is 2.56. The summed E-state index contributed by atoms with van der Waals surface area (Å²) in [5.74, 6) is 0. The molecule has 0 aromatic heterocycles. The highest BCUT2D eigenvalue weighted by molar-refractivity contribution is 5.05. The largest absolute Gasteiger partial charge is 0.384 e. The molecule has 2 heteroatoms. The van der Waals surface area contributed by atoms with Crippen LogP contribution in [0.4, 0.5) is 0 Å². The highest BCUT2D eigenvalue weighted by Crippen LogP contribution is 2.19. The molecule has 0 saturated heterocycles. The average molecular weight is 127 g/mol. The van der Waals surface area contributed by atoms with E-state index in [4.69, 9.17) is 5.73 Å². The zero-order valence-electron chi connectivity index (χ0n) is 5.51. The third-order valence-corrected chi connectivity index (χ3v) is 1.76. The molecular formula is C7H13NO. The van der Waals surface area contributed by atoms with Crippen molar-refractivity contribution >= 4 is 0 Å². The van der Waals surface area contributed by atoms with Gasteiger partial charge in [-0.25, -0.2) is 0 Å². The van der Waals surface area contributed by atoms with Gasteiger partial charge in [0.25, 0.3) is 0 Å². The molecule has 9 heavy (non-hydrogen) atoms. The Bertz CT molecular complexity index is 122. The van der Waals surface area contributed by atoms with E-state index in [1.165, 1.54) is 0 Å². The van der Waals surface area contributed by atoms with E-state index < -0.39 is 5.60 Å². The van der Waals surface area contributed by atoms with Crippen molar-refractivity contribution in [1.29, 1.82) is 0 Å². The molecule has 3 N–H and O–H groups in total. The lowest BCUT2D eigenvalue weighted by atomic mass is 9.91. The van der Waals surface area contributed by atoms with Gasteiger partial charge in [0.1, 0.15) is 0 Å². The molecule has 0 aromatic rings. The Morgan fingerprint density at radius 2 is 2.44 bits per heavy atom. The monoisotopic (exact) mass is 127 g/mol. The van der Waals surface area contributed by atoms with Gasteiger partial charge >= 0.3 is 0 Å². The summed E-state index contributed by atoms with van der Waals surface area (Å²) in [4.78, 5) is 0. The van der Waals surface area contributed by atoms with Crippen LogP contribution in [0.25, 0.3) is 0 Å². The summed E-state index contributed by atoms with van der Waals surface area (Å²) in [5.41, 5.74) is 4.65. The van der Waals surface area contributed by atoms with Gasteiger partial charge in [0.2, 0.25) is 0 Å². The van der Waals surface area contributed by atoms with Gasteiger partial charge in [-0.15, -0.1) is 0 Å². The van der Waals surface area contributed by atoms with Crippen LogP contribution in [-0.2, 0) is 0 Å². The fourth-order valence-corrected chi connectivity index (χ4v) is 1.08. The first-order valence-electron chi connectivity index (χ1n) is 3.37. The van der Waals surface area contributed by atoms with Gasteiger partial charge in [-0.3, -0.25) is 0 Å². The normalized spacial score (nSPS) is 34.9. The number of hydrogen-bond acceptors (Lipinski definition) is 2. The number of rotatable bonds is 1. The number of hydrogen-bond donors (Lipinski definition) is 2. The zero-order valence-corrected chi connectivity index (χ0v) is 5.51. The third-order valence-electron chi connectivity index (χ3n) is 1.76. The second-order valence-corrected chi connectivity index (χ2v) is 2.60. The molecule has 0 saturated carbocycles. The maximum Gasteiger partial charge on any atom is 0.0949 e. The van der Waals surface area contributed by atoms with Crippen LogP contribution in [0.2, 0.25) is 0 Å². The molecule has 0 fully saturated rings. The minimum absolute atomic E-state index is 0.351. The molecule has 0 spiro atoms. The van der Waals surface area contributed by atoms with Crippen molar-refractivity contribution in [3.63, 3.8) is 0 Å². The molecule has 2 nitrogen and oxygen atoms in total. The molecule has 52 valence electrons. The van der Waals surface area contributed by atoms with Crippen LogP contribution in [0.5, 0.6) is 0 Å². The highest BCUT2D eigenvalue weighted by Gasteiger charge is 2.22. The van der Waals surface area contributed by atoms with E-state index in [1.807, 2.05) is 12.2 Å². The summed E-state index contributed by atoms with van der Waals surface area (Å²) in [6.07, 6.45) is 6.78. The second-order valence-electron chi connectivity index (χ2n) is 2.60. The SMILES string of the molecule is NCC1(O)C=CCCC1. The molecule has 0 bridgehead atoms. The van der Waals surface area contributed by atoms with Crippen molar-refractivity contribution in [3.8, 4) is 0 Å². The van der Waals surface area contributed by atoms with E-state index in [1.54, 1.807) is 0 Å². The molecule has 0 radical (unpaired) electrons. The first-order valence-corrected chi connectivity index (χ1v) is 3.37. The third kappa shape index (κ3) is 1.53. The Labute approximate surface area is 55.4 Å². The van der Waals surface area contributed by atoms with Gasteiger partial charge in [0.05, 0.1) is 5.60 Å². The topological polar surface area (TPSA) is 46.2 Å². The molecular weight excluding hydrogens is 114 g/mol. The van der Waals surface area contributed by atoms with Crippen LogP contribution in [0.3, 0.4) is 0 Å². The van der Waals surface area contributed by atoms with Gasteiger partial charge in [0, 0.05) is 6.54 Å². The van der Waals surface area contributed by atoms with Crippen molar-refractivity contribution in [2.75, 3.05) is 6.54 Å². The Morgan fingerprint density at radius 3 is 2.78 bits per heavy atom. The van der Waals surface area contributed by atoms with Crippen LogP contribution < -0.4 is 5.73 Å². The quantitative estimate of drug-likeness (QED) is 0.501. The summed E-state index contributed by atoms with van der Waals surface area (Å²) >= 11 is 0. The molecule has 1 aliphatic rings. The number of aliphatic hydroxyl groups is 1. The fourth-order valence-electron chi connectivity index (χ4n) is 1.08. The lowest BCUT2D eigenvalue weighted by Crippen LogP contribution is -2.36. The summed E-state index contributed by atoms with van der Waals surface area (Å²) in [7, 11) is 0. The lowest BCUT2D eigenvalue weighted by molar-refractivity contribution is 0.0836. The van der Waals surface area contributed by atoms with Crippen LogP contribution in [0.1, 0.15) is 19.3 Å². The van der Waals surface area contributed by atoms with Crippen LogP contribution in [0.15, 0.2) is 12.2 Å². The second kappa shape index (κ2) is 2.50. The predicted octanol–water partition coefficient (Wildman–Crippen LogP) is 0.416. The average Bonchev–Trinajstić information content (AvgIpc) is 1.90. The Morgan fingerprint density at radius 1 is 1.67 bits per heavy atom. The van der Waals surface area contributed by atoms with Crippen molar-refractivity contribution in [3.05, 3.63) is 12.2 Å². The molecule has 0 amide bonds.